The maximum Gasteiger partial charge on any atom is 0.678 e. The highest BCUT2D eigenvalue weighted by Gasteiger charge is 2.42. The van der Waals surface area contributed by atoms with Gasteiger partial charge in [0.2, 0.25) is 0 Å². The molecule has 0 aromatic heterocycles. The maximum absolute atomic E-state index is 5.31. The lowest BCUT2D eigenvalue weighted by Crippen LogP contribution is -2.45. The van der Waals surface area contributed by atoms with Gasteiger partial charge in [-0.1, -0.05) is 34.6 Å². The Morgan fingerprint density at radius 1 is 0.515 bits per heavy atom. The molecule has 0 atom stereocenters. The Labute approximate surface area is 206 Å². The minimum Gasteiger partial charge on any atom is -0.377 e. The Balaban J connectivity index is -0.000000414. The van der Waals surface area contributed by atoms with Crippen molar-refractivity contribution >= 4 is 26.7 Å². The molecule has 0 heterocycles. The minimum absolute atomic E-state index is 0.175. The van der Waals surface area contributed by atoms with Crippen LogP contribution >= 0.6 is 0 Å². The molecule has 13 heteroatoms. The van der Waals surface area contributed by atoms with Gasteiger partial charge in [-0.2, -0.15) is 0 Å². The van der Waals surface area contributed by atoms with Gasteiger partial charge in [0.15, 0.2) is 0 Å². The molecule has 0 radical (unpaired) electrons. The fraction of sp³-hybridized carbons (Fsp3) is 1.00. The monoisotopic (exact) mass is 536 g/mol. The first kappa shape index (κ1) is 37.8. The van der Waals surface area contributed by atoms with E-state index in [2.05, 4.69) is 34.6 Å². The lowest BCUT2D eigenvalue weighted by molar-refractivity contribution is 0.0226. The van der Waals surface area contributed by atoms with Gasteiger partial charge < -0.3 is 44.3 Å². The summed E-state index contributed by atoms with van der Waals surface area (Å²) in [7, 11) is 8.52. The standard InChI is InChI=1S/2C8H20O3Si.C4H12O4Si/c1-8(2,3)7-12(9-4,10-5)11-6;1-8(2)6-7-12(9-3,10-4)11-5;1-5-9(6-2,7-3)8-4/h7H2,1-6H3;8H,6-7H2,1-5H3;1-4H3. The van der Waals surface area contributed by atoms with Crippen LogP contribution < -0.4 is 0 Å². The van der Waals surface area contributed by atoms with Crippen molar-refractivity contribution in [3.05, 3.63) is 0 Å². The zero-order valence-electron chi connectivity index (χ0n) is 23.8. The van der Waals surface area contributed by atoms with Gasteiger partial charge >= 0.3 is 26.7 Å². The van der Waals surface area contributed by atoms with E-state index < -0.39 is 26.7 Å². The summed E-state index contributed by atoms with van der Waals surface area (Å²) < 4.78 is 51.2. The molecule has 0 bridgehead atoms. The number of hydrogen-bond acceptors (Lipinski definition) is 10. The molecule has 0 aromatic rings. The van der Waals surface area contributed by atoms with Crippen molar-refractivity contribution in [1.82, 2.24) is 0 Å². The molecule has 10 nitrogen and oxygen atoms in total. The van der Waals surface area contributed by atoms with Crippen LogP contribution in [0.1, 0.15) is 41.0 Å². The summed E-state index contributed by atoms with van der Waals surface area (Å²) in [5.41, 5.74) is 0.175. The molecular weight excluding hydrogens is 484 g/mol. The van der Waals surface area contributed by atoms with E-state index in [9.17, 15) is 0 Å². The van der Waals surface area contributed by atoms with E-state index in [1.54, 1.807) is 42.7 Å². The van der Waals surface area contributed by atoms with Crippen LogP contribution in [0, 0.1) is 11.3 Å². The van der Waals surface area contributed by atoms with Gasteiger partial charge in [0.05, 0.1) is 0 Å². The summed E-state index contributed by atoms with van der Waals surface area (Å²) in [6, 6.07) is 1.73. The topological polar surface area (TPSA) is 92.3 Å². The second kappa shape index (κ2) is 19.4. The highest BCUT2D eigenvalue weighted by molar-refractivity contribution is 6.61. The van der Waals surface area contributed by atoms with Crippen LogP contribution in [-0.2, 0) is 44.3 Å². The minimum atomic E-state index is -2.69. The summed E-state index contributed by atoms with van der Waals surface area (Å²) in [4.78, 5) is 0. The van der Waals surface area contributed by atoms with Gasteiger partial charge in [0.25, 0.3) is 0 Å². The van der Waals surface area contributed by atoms with Crippen LogP contribution in [0.4, 0.5) is 0 Å². The predicted molar refractivity (Wildman–Crippen MR) is 136 cm³/mol. The molecule has 0 saturated carbocycles. The average molecular weight is 537 g/mol. The second-order valence-electron chi connectivity index (χ2n) is 8.58. The van der Waals surface area contributed by atoms with E-state index in [1.165, 1.54) is 28.4 Å². The third-order valence-corrected chi connectivity index (χ3v) is 12.8. The Kier molecular flexibility index (Phi) is 22.3. The summed E-state index contributed by atoms with van der Waals surface area (Å²) in [5.74, 6) is 0.664. The Morgan fingerprint density at radius 2 is 0.818 bits per heavy atom. The van der Waals surface area contributed by atoms with Crippen LogP contribution in [0.25, 0.3) is 0 Å². The van der Waals surface area contributed by atoms with E-state index >= 15 is 0 Å². The highest BCUT2D eigenvalue weighted by Crippen LogP contribution is 2.28. The van der Waals surface area contributed by atoms with Crippen molar-refractivity contribution in [1.29, 1.82) is 0 Å². The normalized spacial score (nSPS) is 12.7. The number of hydrogen-bond donors (Lipinski definition) is 0. The van der Waals surface area contributed by atoms with Crippen LogP contribution in [-0.4, -0.2) is 97.8 Å². The van der Waals surface area contributed by atoms with Crippen LogP contribution in [0.5, 0.6) is 0 Å². The van der Waals surface area contributed by atoms with Gasteiger partial charge in [-0.15, -0.1) is 0 Å². The van der Waals surface area contributed by atoms with Crippen molar-refractivity contribution in [3.8, 4) is 0 Å². The van der Waals surface area contributed by atoms with E-state index in [4.69, 9.17) is 44.3 Å². The van der Waals surface area contributed by atoms with Crippen molar-refractivity contribution in [2.45, 2.75) is 53.1 Å². The lowest BCUT2D eigenvalue weighted by atomic mass is 10.0. The van der Waals surface area contributed by atoms with Gasteiger partial charge in [-0.05, 0) is 17.8 Å². The summed E-state index contributed by atoms with van der Waals surface area (Å²) in [6.45, 7) is 10.8. The summed E-state index contributed by atoms with van der Waals surface area (Å²) >= 11 is 0. The lowest BCUT2D eigenvalue weighted by Gasteiger charge is -2.30. The molecule has 204 valence electrons. The molecule has 0 unspecified atom stereocenters. The number of rotatable bonds is 14. The molecule has 0 aliphatic carbocycles. The molecule has 0 rings (SSSR count). The van der Waals surface area contributed by atoms with Gasteiger partial charge in [0, 0.05) is 83.2 Å². The first-order valence-corrected chi connectivity index (χ1v) is 16.2. The molecule has 0 aliphatic heterocycles. The molecule has 0 aromatic carbocycles. The molecule has 0 aliphatic rings. The zero-order valence-corrected chi connectivity index (χ0v) is 26.8. The molecule has 0 N–H and O–H groups in total. The van der Waals surface area contributed by atoms with E-state index in [1.807, 2.05) is 0 Å². The third kappa shape index (κ3) is 16.5. The maximum atomic E-state index is 5.31. The molecule has 0 fully saturated rings. The van der Waals surface area contributed by atoms with Crippen LogP contribution in [0.3, 0.4) is 0 Å². The zero-order chi connectivity index (χ0) is 26.8. The fourth-order valence-corrected chi connectivity index (χ4v) is 7.91. The van der Waals surface area contributed by atoms with Crippen LogP contribution in [0.15, 0.2) is 0 Å². The average Bonchev–Trinajstić information content (AvgIpc) is 2.81. The van der Waals surface area contributed by atoms with Crippen molar-refractivity contribution in [3.63, 3.8) is 0 Å². The SMILES string of the molecule is CO[Si](CC(C)(C)C)(OC)OC.CO[Si](CCC(C)C)(OC)OC.CO[Si](OC)(OC)OC. The first-order valence-electron chi connectivity index (χ1n) is 10.7. The van der Waals surface area contributed by atoms with Gasteiger partial charge in [-0.3, -0.25) is 0 Å². The fourth-order valence-electron chi connectivity index (χ4n) is 2.64. The van der Waals surface area contributed by atoms with Crippen molar-refractivity contribution in [2.24, 2.45) is 11.3 Å². The van der Waals surface area contributed by atoms with E-state index in [0.717, 1.165) is 18.5 Å². The molecule has 33 heavy (non-hydrogen) atoms. The molecule has 0 spiro atoms. The van der Waals surface area contributed by atoms with Gasteiger partial charge in [-0.25, -0.2) is 0 Å². The van der Waals surface area contributed by atoms with Crippen LogP contribution in [0.2, 0.25) is 12.1 Å². The highest BCUT2D eigenvalue weighted by atomic mass is 28.4. The first-order chi connectivity index (χ1) is 15.2. The van der Waals surface area contributed by atoms with E-state index in [0.29, 0.717) is 5.92 Å². The van der Waals surface area contributed by atoms with Crippen molar-refractivity contribution in [2.75, 3.05) is 71.1 Å². The smallest absolute Gasteiger partial charge is 0.377 e. The predicted octanol–water partition coefficient (Wildman–Crippen LogP) is 3.83. The Morgan fingerprint density at radius 3 is 0.939 bits per heavy atom. The van der Waals surface area contributed by atoms with Crippen molar-refractivity contribution < 1.29 is 44.3 Å². The largest absolute Gasteiger partial charge is 0.678 e. The summed E-state index contributed by atoms with van der Waals surface area (Å²) in [6.07, 6.45) is 1.09. The van der Waals surface area contributed by atoms with E-state index in [-0.39, 0.29) is 5.41 Å². The molecule has 0 amide bonds. The second-order valence-corrected chi connectivity index (χ2v) is 17.2. The molecular formula is C20H52O10Si3. The quantitative estimate of drug-likeness (QED) is 0.305. The summed E-state index contributed by atoms with van der Waals surface area (Å²) in [5, 5.41) is 0. The Hall–Kier alpha value is 0.251. The third-order valence-electron chi connectivity index (χ3n) is 4.64. The Bertz CT molecular complexity index is 404. The van der Waals surface area contributed by atoms with Gasteiger partial charge in [0.1, 0.15) is 0 Å². The molecule has 0 saturated heterocycles.